The van der Waals surface area contributed by atoms with Gasteiger partial charge in [-0.3, -0.25) is 4.79 Å². The highest BCUT2D eigenvalue weighted by molar-refractivity contribution is 5.93. The second-order valence-electron chi connectivity index (χ2n) is 6.94. The number of aromatic nitrogens is 1. The second kappa shape index (κ2) is 7.96. The third-order valence-corrected chi connectivity index (χ3v) is 4.90. The Hall–Kier alpha value is -2.60. The Bertz CT molecular complexity index is 833. The van der Waals surface area contributed by atoms with Crippen molar-refractivity contribution in [1.82, 2.24) is 9.47 Å². The molecule has 1 atom stereocenters. The molecule has 0 radical (unpaired) electrons. The minimum atomic E-state index is -0.821. The SMILES string of the molecule is Cc1ccc(-n2c(C)cc(C(=O)OC(C)C(=O)N3CCOCC3)c2C)cc1. The molecule has 0 spiro atoms. The zero-order valence-corrected chi connectivity index (χ0v) is 16.3. The maximum atomic E-state index is 12.7. The van der Waals surface area contributed by atoms with E-state index in [1.165, 1.54) is 5.56 Å². The van der Waals surface area contributed by atoms with Crippen LogP contribution < -0.4 is 0 Å². The van der Waals surface area contributed by atoms with Gasteiger partial charge in [-0.1, -0.05) is 17.7 Å². The molecule has 1 aliphatic rings. The van der Waals surface area contributed by atoms with Gasteiger partial charge < -0.3 is 18.9 Å². The Morgan fingerprint density at radius 3 is 2.33 bits per heavy atom. The van der Waals surface area contributed by atoms with Gasteiger partial charge in [0.1, 0.15) is 0 Å². The van der Waals surface area contributed by atoms with E-state index in [0.717, 1.165) is 17.1 Å². The van der Waals surface area contributed by atoms with Gasteiger partial charge in [-0.15, -0.1) is 0 Å². The van der Waals surface area contributed by atoms with Crippen molar-refractivity contribution in [3.63, 3.8) is 0 Å². The van der Waals surface area contributed by atoms with E-state index in [9.17, 15) is 9.59 Å². The predicted octanol–water partition coefficient (Wildman–Crippen LogP) is 2.81. The van der Waals surface area contributed by atoms with Crippen LogP contribution in [0, 0.1) is 20.8 Å². The van der Waals surface area contributed by atoms with E-state index in [2.05, 4.69) is 0 Å². The largest absolute Gasteiger partial charge is 0.449 e. The van der Waals surface area contributed by atoms with Crippen molar-refractivity contribution in [2.75, 3.05) is 26.3 Å². The lowest BCUT2D eigenvalue weighted by Crippen LogP contribution is -2.46. The van der Waals surface area contributed by atoms with Crippen molar-refractivity contribution < 1.29 is 19.1 Å². The minimum absolute atomic E-state index is 0.181. The van der Waals surface area contributed by atoms with E-state index >= 15 is 0 Å². The highest BCUT2D eigenvalue weighted by atomic mass is 16.5. The van der Waals surface area contributed by atoms with Gasteiger partial charge in [-0.2, -0.15) is 0 Å². The van der Waals surface area contributed by atoms with E-state index in [4.69, 9.17) is 9.47 Å². The van der Waals surface area contributed by atoms with Gasteiger partial charge in [-0.05, 0) is 45.9 Å². The fraction of sp³-hybridized carbons (Fsp3) is 0.429. The number of hydrogen-bond acceptors (Lipinski definition) is 4. The van der Waals surface area contributed by atoms with Crippen LogP contribution in [0.25, 0.3) is 5.69 Å². The summed E-state index contributed by atoms with van der Waals surface area (Å²) >= 11 is 0. The molecular weight excluding hydrogens is 344 g/mol. The Balaban J connectivity index is 1.76. The molecule has 1 saturated heterocycles. The van der Waals surface area contributed by atoms with Crippen LogP contribution in [0.4, 0.5) is 0 Å². The van der Waals surface area contributed by atoms with Crippen molar-refractivity contribution in [2.45, 2.75) is 33.8 Å². The number of carbonyl (C=O) groups is 2. The molecule has 1 unspecified atom stereocenters. The van der Waals surface area contributed by atoms with Gasteiger partial charge >= 0.3 is 5.97 Å². The number of ether oxygens (including phenoxy) is 2. The molecule has 1 aromatic carbocycles. The van der Waals surface area contributed by atoms with Gasteiger partial charge in [0.2, 0.25) is 0 Å². The normalized spacial score (nSPS) is 15.5. The highest BCUT2D eigenvalue weighted by Gasteiger charge is 2.27. The summed E-state index contributed by atoms with van der Waals surface area (Å²) in [4.78, 5) is 26.8. The summed E-state index contributed by atoms with van der Waals surface area (Å²) in [5.41, 5.74) is 4.39. The van der Waals surface area contributed by atoms with Gasteiger partial charge in [-0.25, -0.2) is 4.79 Å². The Morgan fingerprint density at radius 2 is 1.70 bits per heavy atom. The van der Waals surface area contributed by atoms with Crippen molar-refractivity contribution >= 4 is 11.9 Å². The predicted molar refractivity (Wildman–Crippen MR) is 102 cm³/mol. The Kier molecular flexibility index (Phi) is 5.65. The first kappa shape index (κ1) is 19.2. The Morgan fingerprint density at radius 1 is 1.07 bits per heavy atom. The number of amides is 1. The van der Waals surface area contributed by atoms with Crippen LogP contribution in [0.2, 0.25) is 0 Å². The molecule has 144 valence electrons. The molecule has 1 aliphatic heterocycles. The molecular formula is C21H26N2O4. The molecule has 27 heavy (non-hydrogen) atoms. The van der Waals surface area contributed by atoms with E-state index in [1.807, 2.05) is 55.7 Å². The average molecular weight is 370 g/mol. The van der Waals surface area contributed by atoms with Gasteiger partial charge in [0, 0.05) is 30.2 Å². The van der Waals surface area contributed by atoms with E-state index in [1.54, 1.807) is 11.8 Å². The van der Waals surface area contributed by atoms with Crippen molar-refractivity contribution in [3.05, 3.63) is 52.8 Å². The third-order valence-electron chi connectivity index (χ3n) is 4.90. The molecule has 0 aliphatic carbocycles. The summed E-state index contributed by atoms with van der Waals surface area (Å²) in [6, 6.07) is 9.93. The lowest BCUT2D eigenvalue weighted by atomic mass is 10.2. The van der Waals surface area contributed by atoms with Gasteiger partial charge in [0.05, 0.1) is 18.8 Å². The van der Waals surface area contributed by atoms with Gasteiger partial charge in [0.25, 0.3) is 5.91 Å². The lowest BCUT2D eigenvalue weighted by Gasteiger charge is -2.28. The van der Waals surface area contributed by atoms with Crippen LogP contribution >= 0.6 is 0 Å². The fourth-order valence-electron chi connectivity index (χ4n) is 3.38. The van der Waals surface area contributed by atoms with Crippen LogP contribution in [0.15, 0.2) is 30.3 Å². The van der Waals surface area contributed by atoms with Crippen LogP contribution in [-0.2, 0) is 14.3 Å². The maximum absolute atomic E-state index is 12.7. The van der Waals surface area contributed by atoms with Crippen molar-refractivity contribution in [3.8, 4) is 5.69 Å². The molecule has 0 saturated carbocycles. The number of esters is 1. The van der Waals surface area contributed by atoms with Crippen molar-refractivity contribution in [2.24, 2.45) is 0 Å². The molecule has 0 N–H and O–H groups in total. The number of benzene rings is 1. The first-order valence-corrected chi connectivity index (χ1v) is 9.22. The first-order valence-electron chi connectivity index (χ1n) is 9.22. The molecule has 6 nitrogen and oxygen atoms in total. The summed E-state index contributed by atoms with van der Waals surface area (Å²) < 4.78 is 12.7. The lowest BCUT2D eigenvalue weighted by molar-refractivity contribution is -0.143. The Labute approximate surface area is 159 Å². The number of aryl methyl sites for hydroxylation is 2. The summed E-state index contributed by atoms with van der Waals surface area (Å²) in [5, 5.41) is 0. The van der Waals surface area contributed by atoms with E-state index < -0.39 is 12.1 Å². The smallest absolute Gasteiger partial charge is 0.340 e. The molecule has 1 amide bonds. The van der Waals surface area contributed by atoms with E-state index in [0.29, 0.717) is 31.9 Å². The molecule has 0 bridgehead atoms. The molecule has 1 aromatic heterocycles. The number of carbonyl (C=O) groups excluding carboxylic acids is 2. The molecule has 6 heteroatoms. The van der Waals surface area contributed by atoms with Crippen molar-refractivity contribution in [1.29, 1.82) is 0 Å². The second-order valence-corrected chi connectivity index (χ2v) is 6.94. The van der Waals surface area contributed by atoms with E-state index in [-0.39, 0.29) is 5.91 Å². The number of hydrogen-bond donors (Lipinski definition) is 0. The standard InChI is InChI=1S/C21H26N2O4/c1-14-5-7-18(8-6-14)23-15(2)13-19(16(23)3)21(25)27-17(4)20(24)22-9-11-26-12-10-22/h5-8,13,17H,9-12H2,1-4H3. The number of nitrogens with zero attached hydrogens (tertiary/aromatic N) is 2. The van der Waals surface area contributed by atoms with Crippen LogP contribution in [0.5, 0.6) is 0 Å². The zero-order valence-electron chi connectivity index (χ0n) is 16.3. The van der Waals surface area contributed by atoms with Crippen LogP contribution in [0.3, 0.4) is 0 Å². The monoisotopic (exact) mass is 370 g/mol. The topological polar surface area (TPSA) is 60.8 Å². The molecule has 2 aromatic rings. The first-order chi connectivity index (χ1) is 12.9. The molecule has 3 rings (SSSR count). The highest BCUT2D eigenvalue weighted by Crippen LogP contribution is 2.22. The summed E-state index contributed by atoms with van der Waals surface area (Å²) in [6.07, 6.45) is -0.821. The summed E-state index contributed by atoms with van der Waals surface area (Å²) in [7, 11) is 0. The van der Waals surface area contributed by atoms with Gasteiger partial charge in [0.15, 0.2) is 6.10 Å². The average Bonchev–Trinajstić information content (AvgIpc) is 2.97. The fourth-order valence-corrected chi connectivity index (χ4v) is 3.38. The molecule has 1 fully saturated rings. The quantitative estimate of drug-likeness (QED) is 0.777. The maximum Gasteiger partial charge on any atom is 0.340 e. The molecule has 2 heterocycles. The third kappa shape index (κ3) is 4.06. The van der Waals surface area contributed by atoms with Crippen LogP contribution in [-0.4, -0.2) is 53.8 Å². The summed E-state index contributed by atoms with van der Waals surface area (Å²) in [5.74, 6) is -0.658. The van der Waals surface area contributed by atoms with Crippen LogP contribution in [0.1, 0.15) is 34.2 Å². The number of rotatable bonds is 4. The number of morpholine rings is 1. The summed E-state index contributed by atoms with van der Waals surface area (Å²) in [6.45, 7) is 9.59. The minimum Gasteiger partial charge on any atom is -0.449 e. The zero-order chi connectivity index (χ0) is 19.6.